The maximum absolute atomic E-state index is 10.5. The Morgan fingerprint density at radius 3 is 2.50 bits per heavy atom. The predicted octanol–water partition coefficient (Wildman–Crippen LogP) is 2.57. The van der Waals surface area contributed by atoms with E-state index in [2.05, 4.69) is 6.58 Å². The van der Waals surface area contributed by atoms with Crippen molar-refractivity contribution >= 4 is 5.97 Å². The molecule has 0 aromatic heterocycles. The van der Waals surface area contributed by atoms with E-state index in [9.17, 15) is 4.79 Å². The minimum Gasteiger partial charge on any atom is -0.484 e. The fourth-order valence-corrected chi connectivity index (χ4v) is 1.97. The number of aliphatic carboxylic acids is 1. The number of carboxylic acids is 1. The average Bonchev–Trinajstić information content (AvgIpc) is 2.19. The van der Waals surface area contributed by atoms with E-state index in [1.165, 1.54) is 19.3 Å². The van der Waals surface area contributed by atoms with Crippen LogP contribution in [0.3, 0.4) is 0 Å². The molecule has 1 aliphatic rings. The second-order valence-electron chi connectivity index (χ2n) is 3.95. The molecule has 80 valence electrons. The molecular formula is C11H18O3. The van der Waals surface area contributed by atoms with Crippen LogP contribution in [-0.2, 0) is 9.53 Å². The van der Waals surface area contributed by atoms with Crippen molar-refractivity contribution in [3.8, 4) is 0 Å². The first-order chi connectivity index (χ1) is 6.61. The van der Waals surface area contributed by atoms with Crippen molar-refractivity contribution in [3.05, 3.63) is 12.3 Å². The van der Waals surface area contributed by atoms with Gasteiger partial charge in [0.05, 0.1) is 6.10 Å². The summed E-state index contributed by atoms with van der Waals surface area (Å²) in [5, 5.41) is 8.60. The Balaban J connectivity index is 2.36. The monoisotopic (exact) mass is 198 g/mol. The van der Waals surface area contributed by atoms with Gasteiger partial charge in [-0.2, -0.15) is 0 Å². The Morgan fingerprint density at radius 2 is 2.00 bits per heavy atom. The largest absolute Gasteiger partial charge is 0.484 e. The van der Waals surface area contributed by atoms with Gasteiger partial charge in [0, 0.05) is 0 Å². The van der Waals surface area contributed by atoms with E-state index in [1.54, 1.807) is 0 Å². The highest BCUT2D eigenvalue weighted by molar-refractivity contribution is 5.83. The van der Waals surface area contributed by atoms with Crippen molar-refractivity contribution in [2.45, 2.75) is 45.1 Å². The lowest BCUT2D eigenvalue weighted by molar-refractivity contribution is -0.138. The van der Waals surface area contributed by atoms with Gasteiger partial charge in [-0.25, -0.2) is 4.79 Å². The summed E-state index contributed by atoms with van der Waals surface area (Å²) >= 11 is 0. The Hall–Kier alpha value is -0.990. The van der Waals surface area contributed by atoms with Gasteiger partial charge in [0.25, 0.3) is 0 Å². The van der Waals surface area contributed by atoms with Crippen LogP contribution in [0.4, 0.5) is 0 Å². The van der Waals surface area contributed by atoms with Crippen LogP contribution in [0.15, 0.2) is 12.3 Å². The van der Waals surface area contributed by atoms with Crippen molar-refractivity contribution in [2.24, 2.45) is 5.92 Å². The molecule has 0 spiro atoms. The number of ether oxygens (including phenoxy) is 1. The van der Waals surface area contributed by atoms with Crippen molar-refractivity contribution < 1.29 is 14.6 Å². The van der Waals surface area contributed by atoms with Crippen molar-refractivity contribution in [1.29, 1.82) is 0 Å². The molecule has 1 aliphatic carbocycles. The maximum Gasteiger partial charge on any atom is 0.370 e. The number of hydrogen-bond acceptors (Lipinski definition) is 2. The molecule has 0 heterocycles. The van der Waals surface area contributed by atoms with Gasteiger partial charge in [-0.1, -0.05) is 19.3 Å². The molecule has 1 atom stereocenters. The summed E-state index contributed by atoms with van der Waals surface area (Å²) in [6, 6.07) is 0. The fraction of sp³-hybridized carbons (Fsp3) is 0.727. The van der Waals surface area contributed by atoms with E-state index in [-0.39, 0.29) is 11.9 Å². The smallest absolute Gasteiger partial charge is 0.370 e. The molecule has 0 amide bonds. The standard InChI is InChI=1S/C11H18O3/c1-8(14-9(2)11(12)13)10-6-4-3-5-7-10/h8,10H,2-7H2,1H3,(H,12,13). The van der Waals surface area contributed by atoms with Gasteiger partial charge < -0.3 is 9.84 Å². The lowest BCUT2D eigenvalue weighted by atomic mass is 9.86. The van der Waals surface area contributed by atoms with E-state index in [1.807, 2.05) is 6.92 Å². The van der Waals surface area contributed by atoms with E-state index < -0.39 is 5.97 Å². The molecule has 1 fully saturated rings. The third-order valence-electron chi connectivity index (χ3n) is 2.88. The zero-order valence-electron chi connectivity index (χ0n) is 8.66. The van der Waals surface area contributed by atoms with Gasteiger partial charge >= 0.3 is 5.97 Å². The van der Waals surface area contributed by atoms with Gasteiger partial charge in [-0.05, 0) is 32.3 Å². The van der Waals surface area contributed by atoms with Gasteiger partial charge in [-0.3, -0.25) is 0 Å². The molecule has 0 saturated heterocycles. The third kappa shape index (κ3) is 3.05. The molecule has 0 aromatic rings. The highest BCUT2D eigenvalue weighted by atomic mass is 16.5. The second-order valence-corrected chi connectivity index (χ2v) is 3.95. The quantitative estimate of drug-likeness (QED) is 0.558. The van der Waals surface area contributed by atoms with Crippen LogP contribution in [0.2, 0.25) is 0 Å². The number of carbonyl (C=O) groups is 1. The van der Waals surface area contributed by atoms with Crippen LogP contribution < -0.4 is 0 Å². The minimum absolute atomic E-state index is 0.0149. The molecular weight excluding hydrogens is 180 g/mol. The summed E-state index contributed by atoms with van der Waals surface area (Å²) in [7, 11) is 0. The highest BCUT2D eigenvalue weighted by Crippen LogP contribution is 2.28. The van der Waals surface area contributed by atoms with E-state index >= 15 is 0 Å². The summed E-state index contributed by atoms with van der Waals surface area (Å²) in [6.45, 7) is 5.30. The molecule has 0 aliphatic heterocycles. The summed E-state index contributed by atoms with van der Waals surface area (Å²) in [4.78, 5) is 10.5. The fourth-order valence-electron chi connectivity index (χ4n) is 1.97. The normalized spacial score (nSPS) is 20.1. The van der Waals surface area contributed by atoms with Crippen LogP contribution in [-0.4, -0.2) is 17.2 Å². The van der Waals surface area contributed by atoms with Crippen LogP contribution in [0.1, 0.15) is 39.0 Å². The second kappa shape index (κ2) is 5.03. The van der Waals surface area contributed by atoms with Crippen LogP contribution in [0.5, 0.6) is 0 Å². The first-order valence-electron chi connectivity index (χ1n) is 5.20. The average molecular weight is 198 g/mol. The molecule has 3 nitrogen and oxygen atoms in total. The first-order valence-corrected chi connectivity index (χ1v) is 5.20. The summed E-state index contributed by atoms with van der Waals surface area (Å²) in [6.07, 6.45) is 6.04. The molecule has 3 heteroatoms. The molecule has 0 radical (unpaired) electrons. The van der Waals surface area contributed by atoms with Gasteiger partial charge in [0.2, 0.25) is 0 Å². The van der Waals surface area contributed by atoms with Gasteiger partial charge in [0.1, 0.15) is 0 Å². The SMILES string of the molecule is C=C(OC(C)C1CCCCC1)C(=O)O. The van der Waals surface area contributed by atoms with Crippen molar-refractivity contribution in [1.82, 2.24) is 0 Å². The lowest BCUT2D eigenvalue weighted by Gasteiger charge is -2.27. The van der Waals surface area contributed by atoms with Crippen molar-refractivity contribution in [3.63, 3.8) is 0 Å². The van der Waals surface area contributed by atoms with Crippen LogP contribution in [0, 0.1) is 5.92 Å². The lowest BCUT2D eigenvalue weighted by Crippen LogP contribution is -2.24. The van der Waals surface area contributed by atoms with Crippen molar-refractivity contribution in [2.75, 3.05) is 0 Å². The molecule has 1 saturated carbocycles. The van der Waals surface area contributed by atoms with Crippen LogP contribution >= 0.6 is 0 Å². The molecule has 14 heavy (non-hydrogen) atoms. The zero-order chi connectivity index (χ0) is 10.6. The molecule has 1 N–H and O–H groups in total. The maximum atomic E-state index is 10.5. The first kappa shape index (κ1) is 11.1. The Morgan fingerprint density at radius 1 is 1.43 bits per heavy atom. The van der Waals surface area contributed by atoms with Gasteiger partial charge in [0.15, 0.2) is 5.76 Å². The van der Waals surface area contributed by atoms with E-state index in [4.69, 9.17) is 9.84 Å². The number of carboxylic acid groups (broad SMARTS) is 1. The molecule has 1 unspecified atom stereocenters. The third-order valence-corrected chi connectivity index (χ3v) is 2.88. The predicted molar refractivity (Wildman–Crippen MR) is 53.9 cm³/mol. The van der Waals surface area contributed by atoms with Crippen LogP contribution in [0.25, 0.3) is 0 Å². The van der Waals surface area contributed by atoms with E-state index in [0.717, 1.165) is 12.8 Å². The van der Waals surface area contributed by atoms with E-state index in [0.29, 0.717) is 5.92 Å². The Kier molecular flexibility index (Phi) is 3.98. The molecule has 0 bridgehead atoms. The summed E-state index contributed by atoms with van der Waals surface area (Å²) in [5.74, 6) is -0.699. The topological polar surface area (TPSA) is 46.5 Å². The Bertz CT molecular complexity index is 217. The highest BCUT2D eigenvalue weighted by Gasteiger charge is 2.22. The number of hydrogen-bond donors (Lipinski definition) is 1. The molecule has 1 rings (SSSR count). The minimum atomic E-state index is -1.06. The summed E-state index contributed by atoms with van der Waals surface area (Å²) < 4.78 is 5.26. The zero-order valence-corrected chi connectivity index (χ0v) is 8.66. The molecule has 0 aromatic carbocycles. The number of rotatable bonds is 4. The Labute approximate surface area is 84.8 Å². The van der Waals surface area contributed by atoms with Gasteiger partial charge in [-0.15, -0.1) is 0 Å². The summed E-state index contributed by atoms with van der Waals surface area (Å²) in [5.41, 5.74) is 0.